The van der Waals surface area contributed by atoms with Gasteiger partial charge >= 0.3 is 0 Å². The average Bonchev–Trinajstić information content (AvgIpc) is 3.56. The smallest absolute Gasteiger partial charge is 0.261 e. The highest BCUT2D eigenvalue weighted by Gasteiger charge is 2.75. The molecule has 6 aliphatic rings. The maximum absolute atomic E-state index is 13.5. The van der Waals surface area contributed by atoms with Crippen LogP contribution in [0.25, 0.3) is 0 Å². The van der Waals surface area contributed by atoms with Gasteiger partial charge in [-0.1, -0.05) is 18.2 Å². The van der Waals surface area contributed by atoms with Crippen molar-refractivity contribution in [1.82, 2.24) is 9.80 Å². The van der Waals surface area contributed by atoms with Crippen LogP contribution in [0.3, 0.4) is 0 Å². The molecule has 1 saturated heterocycles. The molecule has 6 atom stereocenters. The first-order chi connectivity index (χ1) is 17.4. The second kappa shape index (κ2) is 6.68. The van der Waals surface area contributed by atoms with Crippen LogP contribution in [0.2, 0.25) is 0 Å². The molecular weight excluding hydrogens is 460 g/mol. The Hall–Kier alpha value is -2.94. The summed E-state index contributed by atoms with van der Waals surface area (Å²) in [5, 5.41) is 35.0. The summed E-state index contributed by atoms with van der Waals surface area (Å²) in [6, 6.07) is 9.02. The number of aromatic hydroxyl groups is 1. The number of hydrogen-bond acceptors (Lipinski definition) is 7. The highest BCUT2D eigenvalue weighted by atomic mass is 16.5. The van der Waals surface area contributed by atoms with E-state index in [1.807, 2.05) is 0 Å². The first-order valence-electron chi connectivity index (χ1n) is 13.0. The number of ether oxygens (including phenoxy) is 1. The van der Waals surface area contributed by atoms with Crippen molar-refractivity contribution in [3.63, 3.8) is 0 Å². The molecule has 0 radical (unpaired) electrons. The van der Waals surface area contributed by atoms with Crippen LogP contribution in [0.1, 0.15) is 70.1 Å². The van der Waals surface area contributed by atoms with Gasteiger partial charge in [-0.2, -0.15) is 0 Å². The number of imide groups is 1. The molecule has 8 nitrogen and oxygen atoms in total. The zero-order valence-electron chi connectivity index (χ0n) is 19.8. The molecule has 3 aliphatic carbocycles. The molecule has 8 heteroatoms. The van der Waals surface area contributed by atoms with Crippen molar-refractivity contribution in [2.24, 2.45) is 5.92 Å². The molecule has 8 rings (SSSR count). The number of rotatable bonds is 3. The molecule has 3 heterocycles. The third-order valence-electron chi connectivity index (χ3n) is 9.93. The van der Waals surface area contributed by atoms with Crippen molar-refractivity contribution < 1.29 is 29.6 Å². The minimum Gasteiger partial charge on any atom is -0.504 e. The number of benzene rings is 2. The molecule has 0 unspecified atom stereocenters. The average molecular weight is 489 g/mol. The van der Waals surface area contributed by atoms with Crippen LogP contribution < -0.4 is 4.74 Å². The Morgan fingerprint density at radius 1 is 1.00 bits per heavy atom. The first-order valence-corrected chi connectivity index (χ1v) is 13.0. The Bertz CT molecular complexity index is 1320. The summed E-state index contributed by atoms with van der Waals surface area (Å²) in [4.78, 5) is 30.5. The molecule has 3 aliphatic heterocycles. The van der Waals surface area contributed by atoms with Crippen molar-refractivity contribution >= 4 is 11.8 Å². The minimum atomic E-state index is -1.31. The van der Waals surface area contributed by atoms with E-state index in [1.54, 1.807) is 30.3 Å². The van der Waals surface area contributed by atoms with Gasteiger partial charge in [0.2, 0.25) is 0 Å². The lowest BCUT2D eigenvalue weighted by Gasteiger charge is -2.65. The number of aliphatic hydroxyl groups is 2. The second-order valence-electron chi connectivity index (χ2n) is 11.5. The van der Waals surface area contributed by atoms with Gasteiger partial charge < -0.3 is 20.1 Å². The molecule has 2 saturated carbocycles. The van der Waals surface area contributed by atoms with Crippen LogP contribution in [0.4, 0.5) is 0 Å². The number of phenols is 1. The molecule has 2 amide bonds. The molecule has 3 N–H and O–H groups in total. The van der Waals surface area contributed by atoms with E-state index >= 15 is 0 Å². The molecule has 2 aromatic carbocycles. The molecular formula is C28H28N2O6. The van der Waals surface area contributed by atoms with E-state index in [0.29, 0.717) is 54.0 Å². The van der Waals surface area contributed by atoms with Gasteiger partial charge in [0.25, 0.3) is 11.8 Å². The number of piperidine rings is 1. The van der Waals surface area contributed by atoms with Crippen LogP contribution in [0.5, 0.6) is 11.5 Å². The Morgan fingerprint density at radius 2 is 1.72 bits per heavy atom. The van der Waals surface area contributed by atoms with E-state index in [4.69, 9.17) is 4.74 Å². The summed E-state index contributed by atoms with van der Waals surface area (Å²) < 4.78 is 6.49. The van der Waals surface area contributed by atoms with Gasteiger partial charge in [-0.05, 0) is 68.3 Å². The number of phenolic OH excluding ortho intramolecular Hbond substituents is 1. The van der Waals surface area contributed by atoms with Gasteiger partial charge in [-0.15, -0.1) is 0 Å². The molecule has 2 bridgehead atoms. The summed E-state index contributed by atoms with van der Waals surface area (Å²) in [5.74, 6) is 0.131. The van der Waals surface area contributed by atoms with Crippen LogP contribution in [-0.4, -0.2) is 73.8 Å². The summed E-state index contributed by atoms with van der Waals surface area (Å²) in [6.45, 7) is 1.51. The maximum Gasteiger partial charge on any atom is 0.261 e. The van der Waals surface area contributed by atoms with Gasteiger partial charge in [0, 0.05) is 12.1 Å². The number of nitrogens with zero attached hydrogens (tertiary/aromatic N) is 2. The van der Waals surface area contributed by atoms with Crippen molar-refractivity contribution in [3.8, 4) is 11.5 Å². The van der Waals surface area contributed by atoms with E-state index < -0.39 is 35.3 Å². The number of likely N-dealkylation sites (tertiary alicyclic amines) is 1. The van der Waals surface area contributed by atoms with Gasteiger partial charge in [-0.3, -0.25) is 19.4 Å². The fourth-order valence-electron chi connectivity index (χ4n) is 8.29. The second-order valence-corrected chi connectivity index (χ2v) is 11.5. The van der Waals surface area contributed by atoms with Crippen LogP contribution in [0.15, 0.2) is 36.4 Å². The van der Waals surface area contributed by atoms with E-state index in [-0.39, 0.29) is 23.3 Å². The summed E-state index contributed by atoms with van der Waals surface area (Å²) in [7, 11) is 0. The zero-order chi connectivity index (χ0) is 24.6. The van der Waals surface area contributed by atoms with Gasteiger partial charge in [0.15, 0.2) is 11.5 Å². The Balaban J connectivity index is 1.30. The number of fused-ring (bicyclic) bond motifs is 1. The highest BCUT2D eigenvalue weighted by Crippen LogP contribution is 2.68. The van der Waals surface area contributed by atoms with Crippen molar-refractivity contribution in [2.75, 3.05) is 13.1 Å². The third-order valence-corrected chi connectivity index (χ3v) is 9.93. The van der Waals surface area contributed by atoms with Crippen molar-refractivity contribution in [1.29, 1.82) is 0 Å². The molecule has 2 aromatic rings. The van der Waals surface area contributed by atoms with Gasteiger partial charge in [0.1, 0.15) is 6.10 Å². The largest absolute Gasteiger partial charge is 0.504 e. The predicted molar refractivity (Wildman–Crippen MR) is 127 cm³/mol. The number of carbonyl (C=O) groups is 2. The zero-order valence-corrected chi connectivity index (χ0v) is 19.8. The summed E-state index contributed by atoms with van der Waals surface area (Å²) in [6.07, 6.45) is 1.96. The monoisotopic (exact) mass is 488 g/mol. The standard InChI is InChI=1S/C28H28N2O6/c31-19-8-7-17-20-22(19)36-24-18(30-25(33)15-3-1-2-4-16(15)26(30)34)9-10-28(35)23(21(17)32)29(13-14-5-6-14)12-11-27(20,24)28/h1-4,7-8,14,18,21,23-24,31-32,35H,5-6,9-13H2/t18-,21+,23-,24+,27+,28-/m1/s1. The van der Waals surface area contributed by atoms with E-state index in [2.05, 4.69) is 4.90 Å². The molecule has 0 aromatic heterocycles. The SMILES string of the molecule is O=C1c2ccccc2C(=O)N1[C@@H]1CC[C@@]2(O)[C@H]3[C@@H](O)c4ccc(O)c5c4[C@@]2(CCN3CC2CC2)[C@H]1O5. The van der Waals surface area contributed by atoms with Gasteiger partial charge in [0.05, 0.1) is 40.3 Å². The van der Waals surface area contributed by atoms with Crippen LogP contribution in [0, 0.1) is 5.92 Å². The fourth-order valence-corrected chi connectivity index (χ4v) is 8.29. The maximum atomic E-state index is 13.5. The first kappa shape index (κ1) is 21.2. The summed E-state index contributed by atoms with van der Waals surface area (Å²) >= 11 is 0. The lowest BCUT2D eigenvalue weighted by Crippen LogP contribution is -2.79. The van der Waals surface area contributed by atoms with Gasteiger partial charge in [-0.25, -0.2) is 0 Å². The van der Waals surface area contributed by atoms with Crippen LogP contribution in [-0.2, 0) is 5.41 Å². The van der Waals surface area contributed by atoms with Crippen LogP contribution >= 0.6 is 0 Å². The Labute approximate surface area is 208 Å². The molecule has 186 valence electrons. The fraction of sp³-hybridized carbons (Fsp3) is 0.500. The topological polar surface area (TPSA) is 111 Å². The Kier molecular flexibility index (Phi) is 3.93. The number of carbonyl (C=O) groups excluding carboxylic acids is 2. The quantitative estimate of drug-likeness (QED) is 0.568. The van der Waals surface area contributed by atoms with E-state index in [9.17, 15) is 24.9 Å². The number of hydrogen-bond donors (Lipinski definition) is 3. The van der Waals surface area contributed by atoms with Crippen molar-refractivity contribution in [3.05, 3.63) is 58.7 Å². The number of aliphatic hydroxyl groups excluding tert-OH is 1. The summed E-state index contributed by atoms with van der Waals surface area (Å²) in [5.41, 5.74) is -0.147. The molecule has 3 fully saturated rings. The van der Waals surface area contributed by atoms with E-state index in [0.717, 1.165) is 6.54 Å². The Morgan fingerprint density at radius 3 is 2.42 bits per heavy atom. The van der Waals surface area contributed by atoms with Crippen molar-refractivity contribution in [2.45, 2.75) is 67.4 Å². The minimum absolute atomic E-state index is 0.0490. The van der Waals surface area contributed by atoms with E-state index in [1.165, 1.54) is 23.8 Å². The lowest BCUT2D eigenvalue weighted by molar-refractivity contribution is -0.220. The number of amides is 2. The predicted octanol–water partition coefficient (Wildman–Crippen LogP) is 2.11. The highest BCUT2D eigenvalue weighted by molar-refractivity contribution is 6.21. The normalized spacial score (nSPS) is 38.1. The molecule has 1 spiro atoms. The lowest BCUT2D eigenvalue weighted by atomic mass is 9.47. The molecule has 36 heavy (non-hydrogen) atoms. The third kappa shape index (κ3) is 2.28.